The van der Waals surface area contributed by atoms with Gasteiger partial charge in [0.25, 0.3) is 0 Å². The molecule has 0 fully saturated rings. The van der Waals surface area contributed by atoms with E-state index in [1.165, 1.54) is 11.3 Å². The molecule has 7 nitrogen and oxygen atoms in total. The van der Waals surface area contributed by atoms with E-state index in [-0.39, 0.29) is 6.03 Å². The van der Waals surface area contributed by atoms with E-state index in [1.54, 1.807) is 19.5 Å². The molecule has 3 N–H and O–H groups in total. The number of carbonyl (C=O) groups is 1. The molecule has 3 aromatic rings. The van der Waals surface area contributed by atoms with Crippen LogP contribution in [0, 0.1) is 0 Å². The van der Waals surface area contributed by atoms with Crippen LogP contribution in [0.25, 0.3) is 21.3 Å². The monoisotopic (exact) mass is 357 g/mol. The fourth-order valence-electron chi connectivity index (χ4n) is 2.29. The largest absolute Gasteiger partial charge is 0.495 e. The Hall–Kier alpha value is -2.71. The highest BCUT2D eigenvalue weighted by Gasteiger charge is 2.09. The number of amides is 2. The third kappa shape index (κ3) is 4.23. The smallest absolute Gasteiger partial charge is 0.321 e. The minimum atomic E-state index is -0.258. The number of fused-ring (bicyclic) bond motifs is 1. The zero-order chi connectivity index (χ0) is 17.6. The second-order valence-electron chi connectivity index (χ2n) is 5.30. The molecule has 2 amide bonds. The van der Waals surface area contributed by atoms with E-state index < -0.39 is 0 Å². The Kier molecular flexibility index (Phi) is 5.42. The van der Waals surface area contributed by atoms with E-state index in [0.717, 1.165) is 21.3 Å². The molecule has 0 unspecified atom stereocenters. The number of carbonyl (C=O) groups excluding carboxylic acids is 1. The number of methoxy groups -OCH3 is 1. The van der Waals surface area contributed by atoms with E-state index in [4.69, 9.17) is 4.74 Å². The van der Waals surface area contributed by atoms with Gasteiger partial charge in [0.2, 0.25) is 0 Å². The lowest BCUT2D eigenvalue weighted by Gasteiger charge is -2.04. The van der Waals surface area contributed by atoms with Gasteiger partial charge in [0.1, 0.15) is 5.75 Å². The van der Waals surface area contributed by atoms with Gasteiger partial charge < -0.3 is 15.4 Å². The molecule has 8 heteroatoms. The molecule has 25 heavy (non-hydrogen) atoms. The summed E-state index contributed by atoms with van der Waals surface area (Å²) in [6, 6.07) is 7.63. The van der Waals surface area contributed by atoms with Gasteiger partial charge in [-0.15, -0.1) is 0 Å². The van der Waals surface area contributed by atoms with Crippen molar-refractivity contribution < 1.29 is 9.53 Å². The van der Waals surface area contributed by atoms with Gasteiger partial charge in [0.05, 0.1) is 23.5 Å². The number of nitrogens with one attached hydrogen (secondary N) is 3. The van der Waals surface area contributed by atoms with Gasteiger partial charge in [-0.2, -0.15) is 0 Å². The van der Waals surface area contributed by atoms with Crippen LogP contribution >= 0.6 is 11.3 Å². The van der Waals surface area contributed by atoms with Gasteiger partial charge in [0, 0.05) is 24.8 Å². The Morgan fingerprint density at radius 1 is 1.20 bits per heavy atom. The molecule has 0 spiro atoms. The minimum absolute atomic E-state index is 0.258. The maximum absolute atomic E-state index is 11.8. The first kappa shape index (κ1) is 17.1. The van der Waals surface area contributed by atoms with Crippen LogP contribution in [0.1, 0.15) is 0 Å². The summed E-state index contributed by atoms with van der Waals surface area (Å²) in [6.07, 6.45) is 3.46. The first-order valence-corrected chi connectivity index (χ1v) is 8.60. The van der Waals surface area contributed by atoms with Crippen molar-refractivity contribution >= 4 is 32.7 Å². The number of nitrogens with zero attached hydrogens (tertiary/aromatic N) is 2. The van der Waals surface area contributed by atoms with Crippen LogP contribution < -0.4 is 20.7 Å². The number of ether oxygens (including phenoxy) is 1. The number of rotatable bonds is 6. The van der Waals surface area contributed by atoms with E-state index in [1.807, 2.05) is 31.3 Å². The maximum Gasteiger partial charge on any atom is 0.321 e. The highest BCUT2D eigenvalue weighted by molar-refractivity contribution is 7.22. The Balaban J connectivity index is 1.78. The van der Waals surface area contributed by atoms with Crippen LogP contribution in [-0.2, 0) is 0 Å². The number of pyridine rings is 1. The first-order chi connectivity index (χ1) is 12.2. The van der Waals surface area contributed by atoms with Gasteiger partial charge in [-0.1, -0.05) is 17.4 Å². The SMILES string of the molecule is CNCCNC(=O)Nc1nc2ccc(-c3cncc(OC)c3)cc2s1. The van der Waals surface area contributed by atoms with Crippen LogP contribution in [0.15, 0.2) is 36.7 Å². The van der Waals surface area contributed by atoms with Crippen LogP contribution in [0.5, 0.6) is 5.75 Å². The number of hydrogen-bond donors (Lipinski definition) is 3. The van der Waals surface area contributed by atoms with Crippen molar-refractivity contribution in [3.63, 3.8) is 0 Å². The van der Waals surface area contributed by atoms with Gasteiger partial charge in [-0.05, 0) is 30.8 Å². The van der Waals surface area contributed by atoms with E-state index in [9.17, 15) is 4.79 Å². The summed E-state index contributed by atoms with van der Waals surface area (Å²) in [5.41, 5.74) is 2.83. The van der Waals surface area contributed by atoms with Crippen molar-refractivity contribution in [2.24, 2.45) is 0 Å². The molecule has 0 aliphatic rings. The minimum Gasteiger partial charge on any atom is -0.495 e. The van der Waals surface area contributed by atoms with E-state index in [2.05, 4.69) is 25.9 Å². The predicted octanol–water partition coefficient (Wildman–Crippen LogP) is 2.71. The van der Waals surface area contributed by atoms with Crippen LogP contribution in [0.3, 0.4) is 0 Å². The highest BCUT2D eigenvalue weighted by atomic mass is 32.1. The Morgan fingerprint density at radius 3 is 2.88 bits per heavy atom. The first-order valence-electron chi connectivity index (χ1n) is 7.79. The molecule has 2 aromatic heterocycles. The third-order valence-corrected chi connectivity index (χ3v) is 4.49. The molecule has 130 valence electrons. The second kappa shape index (κ2) is 7.91. The van der Waals surface area contributed by atoms with Crippen molar-refractivity contribution in [3.05, 3.63) is 36.7 Å². The summed E-state index contributed by atoms with van der Waals surface area (Å²) < 4.78 is 6.21. The summed E-state index contributed by atoms with van der Waals surface area (Å²) in [6.45, 7) is 1.27. The summed E-state index contributed by atoms with van der Waals surface area (Å²) in [5, 5.41) is 9.06. The molecule has 0 saturated heterocycles. The number of thiazole rings is 1. The molecule has 0 radical (unpaired) electrons. The number of aromatic nitrogens is 2. The molecule has 3 rings (SSSR count). The Labute approximate surface area is 149 Å². The molecule has 0 bridgehead atoms. The second-order valence-corrected chi connectivity index (χ2v) is 6.33. The number of urea groups is 1. The van der Waals surface area contributed by atoms with Crippen molar-refractivity contribution in [1.29, 1.82) is 0 Å². The number of hydrogen-bond acceptors (Lipinski definition) is 6. The normalized spacial score (nSPS) is 10.6. The topological polar surface area (TPSA) is 88.2 Å². The number of likely N-dealkylation sites (N-methyl/N-ethyl adjacent to an activating group) is 1. The van der Waals surface area contributed by atoms with Crippen molar-refractivity contribution in [2.45, 2.75) is 0 Å². The molecule has 0 atom stereocenters. The molecular formula is C17H19N5O2S. The van der Waals surface area contributed by atoms with Crippen LogP contribution in [0.2, 0.25) is 0 Å². The maximum atomic E-state index is 11.8. The molecule has 0 aliphatic heterocycles. The van der Waals surface area contributed by atoms with E-state index >= 15 is 0 Å². The third-order valence-electron chi connectivity index (χ3n) is 3.55. The fourth-order valence-corrected chi connectivity index (χ4v) is 3.19. The molecule has 0 saturated carbocycles. The quantitative estimate of drug-likeness (QED) is 0.590. The summed E-state index contributed by atoms with van der Waals surface area (Å²) in [7, 11) is 3.45. The summed E-state index contributed by atoms with van der Waals surface area (Å²) in [4.78, 5) is 20.4. The van der Waals surface area contributed by atoms with Crippen LogP contribution in [0.4, 0.5) is 9.93 Å². The van der Waals surface area contributed by atoms with E-state index in [0.29, 0.717) is 24.0 Å². The van der Waals surface area contributed by atoms with Crippen LogP contribution in [-0.4, -0.2) is 43.2 Å². The number of benzene rings is 1. The molecule has 2 heterocycles. The molecule has 0 aliphatic carbocycles. The van der Waals surface area contributed by atoms with Crippen molar-refractivity contribution in [1.82, 2.24) is 20.6 Å². The lowest BCUT2D eigenvalue weighted by Crippen LogP contribution is -2.33. The standard InChI is InChI=1S/C17H19N5O2S/c1-18-5-6-20-16(23)22-17-21-14-4-3-11(8-15(14)25-17)12-7-13(24-2)10-19-9-12/h3-4,7-10,18H,5-6H2,1-2H3,(H2,20,21,22,23). The van der Waals surface area contributed by atoms with Crippen molar-refractivity contribution in [2.75, 3.05) is 32.6 Å². The molecular weight excluding hydrogens is 338 g/mol. The van der Waals surface area contributed by atoms with Gasteiger partial charge in [-0.25, -0.2) is 9.78 Å². The zero-order valence-electron chi connectivity index (χ0n) is 14.0. The fraction of sp³-hybridized carbons (Fsp3) is 0.235. The summed E-state index contributed by atoms with van der Waals surface area (Å²) >= 11 is 1.43. The van der Waals surface area contributed by atoms with Gasteiger partial charge in [-0.3, -0.25) is 10.3 Å². The highest BCUT2D eigenvalue weighted by Crippen LogP contribution is 2.31. The zero-order valence-corrected chi connectivity index (χ0v) is 14.8. The number of anilines is 1. The van der Waals surface area contributed by atoms with Crippen molar-refractivity contribution in [3.8, 4) is 16.9 Å². The summed E-state index contributed by atoms with van der Waals surface area (Å²) in [5.74, 6) is 0.711. The lowest BCUT2D eigenvalue weighted by molar-refractivity contribution is 0.252. The molecule has 1 aromatic carbocycles. The Morgan fingerprint density at radius 2 is 2.08 bits per heavy atom. The Bertz CT molecular complexity index is 880. The lowest BCUT2D eigenvalue weighted by atomic mass is 10.1. The predicted molar refractivity (Wildman–Crippen MR) is 100 cm³/mol. The van der Waals surface area contributed by atoms with Gasteiger partial charge in [0.15, 0.2) is 5.13 Å². The van der Waals surface area contributed by atoms with Gasteiger partial charge >= 0.3 is 6.03 Å². The average molecular weight is 357 g/mol. The average Bonchev–Trinajstić information content (AvgIpc) is 3.03.